The van der Waals surface area contributed by atoms with Crippen molar-refractivity contribution in [2.75, 3.05) is 33.0 Å². The molecule has 0 rings (SSSR count). The smallest absolute Gasteiger partial charge is 0.511 e. The average Bonchev–Trinajstić information content (AvgIpc) is 2.15. The van der Waals surface area contributed by atoms with Gasteiger partial charge in [-0.2, -0.15) is 0 Å². The molecule has 0 radical (unpaired) electrons. The van der Waals surface area contributed by atoms with Gasteiger partial charge in [-0.25, -0.2) is 0 Å². The Morgan fingerprint density at radius 2 is 1.64 bits per heavy atom. The van der Waals surface area contributed by atoms with Crippen molar-refractivity contribution in [2.24, 2.45) is 0 Å². The fourth-order valence-electron chi connectivity index (χ4n) is 0.756. The fraction of sp³-hybridized carbons (Fsp3) is 1.00. The van der Waals surface area contributed by atoms with Crippen LogP contribution < -0.4 is 0 Å². The van der Waals surface area contributed by atoms with Crippen LogP contribution in [0.2, 0.25) is 0 Å². The Morgan fingerprint density at radius 3 is 2.21 bits per heavy atom. The van der Waals surface area contributed by atoms with E-state index in [2.05, 4.69) is 11.3 Å². The van der Waals surface area contributed by atoms with Crippen molar-refractivity contribution < 1.29 is 23.2 Å². The van der Waals surface area contributed by atoms with Crippen molar-refractivity contribution in [1.82, 2.24) is 0 Å². The first-order chi connectivity index (χ1) is 6.77. The maximum absolute atomic E-state index is 10.1. The maximum Gasteiger partial charge on any atom is 0.764 e. The van der Waals surface area contributed by atoms with E-state index in [4.69, 9.17) is 14.3 Å². The quantitative estimate of drug-likeness (QED) is 0.424. The minimum Gasteiger partial charge on any atom is -0.511 e. The number of unbranched alkanes of at least 4 members (excludes halogenated alkanes) is 1. The molecule has 14 heavy (non-hydrogen) atoms. The largest absolute Gasteiger partial charge is 0.764 e. The minimum atomic E-state index is -2.80. The van der Waals surface area contributed by atoms with Gasteiger partial charge in [-0.3, -0.25) is 4.46 Å². The molecule has 0 atom stereocenters. The summed E-state index contributed by atoms with van der Waals surface area (Å²) in [6.07, 6.45) is 2.19. The van der Waals surface area contributed by atoms with Gasteiger partial charge in [0.25, 0.3) is 0 Å². The first kappa shape index (κ1) is 13.5. The molecule has 6 heteroatoms. The molecule has 0 spiro atoms. The Bertz CT molecular complexity index is 142. The molecule has 1 N–H and O–H groups in total. The highest BCUT2D eigenvalue weighted by atomic mass is 28.3. The Morgan fingerprint density at radius 1 is 1.07 bits per heavy atom. The molecular formula is C8H18O5Si. The Labute approximate surface area is 85.9 Å². The molecule has 0 saturated carbocycles. The summed E-state index contributed by atoms with van der Waals surface area (Å²) >= 11 is 0. The molecular weight excluding hydrogens is 204 g/mol. The van der Waals surface area contributed by atoms with Crippen LogP contribution in [0.3, 0.4) is 0 Å². The summed E-state index contributed by atoms with van der Waals surface area (Å²) in [6.45, 7) is 4.42. The SMILES string of the molecule is CCCCOCCOCCO[Si](=O)O. The standard InChI is InChI=1S/C8H18O5Si/c1-2-3-4-11-5-6-12-7-8-13-14(9)10/h9H,2-8H2,1H3. The highest BCUT2D eigenvalue weighted by Gasteiger charge is 2.01. The lowest BCUT2D eigenvalue weighted by atomic mass is 10.4. The first-order valence-electron chi connectivity index (χ1n) is 4.78. The van der Waals surface area contributed by atoms with Gasteiger partial charge in [0.1, 0.15) is 0 Å². The third kappa shape index (κ3) is 11.5. The van der Waals surface area contributed by atoms with Crippen LogP contribution in [0.25, 0.3) is 0 Å². The van der Waals surface area contributed by atoms with E-state index in [1.807, 2.05) is 0 Å². The van der Waals surface area contributed by atoms with Crippen molar-refractivity contribution in [3.8, 4) is 0 Å². The summed E-state index contributed by atoms with van der Waals surface area (Å²) in [7, 11) is -2.80. The van der Waals surface area contributed by atoms with E-state index in [1.54, 1.807) is 0 Å². The van der Waals surface area contributed by atoms with Crippen LogP contribution in [0.4, 0.5) is 0 Å². The van der Waals surface area contributed by atoms with E-state index >= 15 is 0 Å². The molecule has 0 bridgehead atoms. The summed E-state index contributed by atoms with van der Waals surface area (Å²) in [5.74, 6) is 0. The normalized spacial score (nSPS) is 10.1. The summed E-state index contributed by atoms with van der Waals surface area (Å²) in [4.78, 5) is 8.30. The maximum atomic E-state index is 10.1. The van der Waals surface area contributed by atoms with E-state index in [1.165, 1.54) is 0 Å². The average molecular weight is 222 g/mol. The van der Waals surface area contributed by atoms with Gasteiger partial charge in [0.15, 0.2) is 0 Å². The molecule has 0 aromatic heterocycles. The van der Waals surface area contributed by atoms with Crippen LogP contribution in [-0.4, -0.2) is 47.0 Å². The predicted molar refractivity (Wildman–Crippen MR) is 51.2 cm³/mol. The van der Waals surface area contributed by atoms with Crippen LogP contribution in [-0.2, 0) is 18.4 Å². The molecule has 0 saturated heterocycles. The summed E-state index contributed by atoms with van der Waals surface area (Å²) < 4.78 is 24.8. The van der Waals surface area contributed by atoms with Gasteiger partial charge >= 0.3 is 9.17 Å². The second kappa shape index (κ2) is 10.6. The molecule has 0 fully saturated rings. The van der Waals surface area contributed by atoms with Crippen molar-refractivity contribution in [1.29, 1.82) is 0 Å². The predicted octanol–water partition coefficient (Wildman–Crippen LogP) is 0.244. The highest BCUT2D eigenvalue weighted by molar-refractivity contribution is 6.24. The third-order valence-electron chi connectivity index (χ3n) is 1.47. The minimum absolute atomic E-state index is 0.156. The number of hydrogen-bond acceptors (Lipinski definition) is 4. The Hall–Kier alpha value is -0.463. The lowest BCUT2D eigenvalue weighted by Gasteiger charge is -2.04. The Kier molecular flexibility index (Phi) is 10.3. The molecule has 0 amide bonds. The number of ether oxygens (including phenoxy) is 2. The lowest BCUT2D eigenvalue weighted by Crippen LogP contribution is -2.13. The number of rotatable bonds is 10. The zero-order valence-electron chi connectivity index (χ0n) is 8.53. The van der Waals surface area contributed by atoms with Crippen molar-refractivity contribution in [2.45, 2.75) is 19.8 Å². The molecule has 0 heterocycles. The van der Waals surface area contributed by atoms with E-state index < -0.39 is 9.17 Å². The zero-order chi connectivity index (χ0) is 10.6. The van der Waals surface area contributed by atoms with Gasteiger partial charge in [-0.05, 0) is 6.42 Å². The van der Waals surface area contributed by atoms with Crippen LogP contribution in [0.1, 0.15) is 19.8 Å². The highest BCUT2D eigenvalue weighted by Crippen LogP contribution is 1.87. The van der Waals surface area contributed by atoms with Gasteiger partial charge in [-0.1, -0.05) is 13.3 Å². The van der Waals surface area contributed by atoms with Crippen LogP contribution >= 0.6 is 0 Å². The van der Waals surface area contributed by atoms with Crippen molar-refractivity contribution in [3.05, 3.63) is 0 Å². The van der Waals surface area contributed by atoms with Gasteiger partial charge in [0.05, 0.1) is 26.4 Å². The topological polar surface area (TPSA) is 65.0 Å². The summed E-state index contributed by atoms with van der Waals surface area (Å²) in [5.41, 5.74) is 0. The van der Waals surface area contributed by atoms with E-state index in [0.29, 0.717) is 19.8 Å². The molecule has 0 aliphatic rings. The third-order valence-corrected chi connectivity index (χ3v) is 1.92. The lowest BCUT2D eigenvalue weighted by molar-refractivity contribution is 0.0319. The summed E-state index contributed by atoms with van der Waals surface area (Å²) in [5, 5.41) is 0. The Balaban J connectivity index is 2.88. The van der Waals surface area contributed by atoms with Crippen LogP contribution in [0.5, 0.6) is 0 Å². The second-order valence-corrected chi connectivity index (χ2v) is 3.51. The van der Waals surface area contributed by atoms with Crippen molar-refractivity contribution in [3.63, 3.8) is 0 Å². The second-order valence-electron chi connectivity index (χ2n) is 2.69. The van der Waals surface area contributed by atoms with Crippen LogP contribution in [0.15, 0.2) is 0 Å². The monoisotopic (exact) mass is 222 g/mol. The van der Waals surface area contributed by atoms with E-state index in [-0.39, 0.29) is 6.61 Å². The zero-order valence-corrected chi connectivity index (χ0v) is 9.53. The number of hydrogen-bond donors (Lipinski definition) is 1. The molecule has 0 aromatic carbocycles. The molecule has 0 unspecified atom stereocenters. The summed E-state index contributed by atoms with van der Waals surface area (Å²) in [6, 6.07) is 0. The van der Waals surface area contributed by atoms with Crippen LogP contribution in [0, 0.1) is 0 Å². The molecule has 0 aliphatic heterocycles. The first-order valence-corrected chi connectivity index (χ1v) is 6.05. The molecule has 0 aliphatic carbocycles. The van der Waals surface area contributed by atoms with Gasteiger partial charge in [0.2, 0.25) is 0 Å². The molecule has 0 aromatic rings. The van der Waals surface area contributed by atoms with Gasteiger partial charge in [0, 0.05) is 6.61 Å². The van der Waals surface area contributed by atoms with E-state index in [9.17, 15) is 4.46 Å². The van der Waals surface area contributed by atoms with Crippen molar-refractivity contribution >= 4 is 9.17 Å². The molecule has 5 nitrogen and oxygen atoms in total. The molecule has 84 valence electrons. The van der Waals surface area contributed by atoms with Gasteiger partial charge < -0.3 is 18.7 Å². The van der Waals surface area contributed by atoms with E-state index in [0.717, 1.165) is 19.4 Å². The fourth-order valence-corrected chi connectivity index (χ4v) is 1.01. The van der Waals surface area contributed by atoms with Gasteiger partial charge in [-0.15, -0.1) is 0 Å².